The topological polar surface area (TPSA) is 74.2 Å². The summed E-state index contributed by atoms with van der Waals surface area (Å²) in [5.41, 5.74) is 1.68. The second kappa shape index (κ2) is 6.81. The molecule has 1 aliphatic heterocycles. The normalized spacial score (nSPS) is 20.0. The summed E-state index contributed by atoms with van der Waals surface area (Å²) in [5, 5.41) is 10.1. The molecular formula is C18H24N4O2. The summed E-state index contributed by atoms with van der Waals surface area (Å²) in [7, 11) is 0. The second-order valence-corrected chi connectivity index (χ2v) is 6.81. The molecule has 128 valence electrons. The van der Waals surface area contributed by atoms with E-state index in [9.17, 15) is 4.79 Å². The lowest BCUT2D eigenvalue weighted by Gasteiger charge is -2.33. The number of aromatic nitrogens is 2. The Morgan fingerprint density at radius 2 is 2.21 bits per heavy atom. The number of hydrogen-bond donors (Lipinski definition) is 2. The molecule has 0 bridgehead atoms. The average molecular weight is 328 g/mol. The average Bonchev–Trinajstić information content (AvgIpc) is 3.12. The van der Waals surface area contributed by atoms with E-state index in [1.165, 1.54) is 19.3 Å². The minimum Gasteiger partial charge on any atom is -0.468 e. The van der Waals surface area contributed by atoms with Crippen LogP contribution in [0.25, 0.3) is 0 Å². The van der Waals surface area contributed by atoms with Crippen LogP contribution in [0.4, 0.5) is 0 Å². The first-order valence-corrected chi connectivity index (χ1v) is 8.92. The molecule has 3 heterocycles. The van der Waals surface area contributed by atoms with Crippen molar-refractivity contribution in [3.05, 3.63) is 41.6 Å². The molecule has 1 amide bonds. The quantitative estimate of drug-likeness (QED) is 0.855. The molecule has 4 rings (SSSR count). The van der Waals surface area contributed by atoms with Gasteiger partial charge in [-0.3, -0.25) is 14.8 Å². The first-order valence-electron chi connectivity index (χ1n) is 8.92. The van der Waals surface area contributed by atoms with Gasteiger partial charge in [0.25, 0.3) is 5.91 Å². The van der Waals surface area contributed by atoms with Crippen LogP contribution >= 0.6 is 0 Å². The molecule has 0 aromatic carbocycles. The summed E-state index contributed by atoms with van der Waals surface area (Å²) in [6, 6.07) is 4.01. The lowest BCUT2D eigenvalue weighted by molar-refractivity contribution is 0.0913. The van der Waals surface area contributed by atoms with Gasteiger partial charge in [-0.15, -0.1) is 0 Å². The number of carbonyl (C=O) groups excluding carboxylic acids is 1. The number of H-pyrrole nitrogens is 1. The number of carbonyl (C=O) groups is 1. The third-order valence-electron chi connectivity index (χ3n) is 5.06. The van der Waals surface area contributed by atoms with E-state index >= 15 is 0 Å². The SMILES string of the molecule is O=C(NC[C@@H](c1ccco1)N1CCCCC1)c1cn[nH]c1C1CC1. The number of nitrogens with zero attached hydrogens (tertiary/aromatic N) is 2. The third-order valence-corrected chi connectivity index (χ3v) is 5.06. The molecule has 0 unspecified atom stereocenters. The van der Waals surface area contributed by atoms with Gasteiger partial charge in [0.15, 0.2) is 0 Å². The van der Waals surface area contributed by atoms with Crippen molar-refractivity contribution in [3.8, 4) is 0 Å². The van der Waals surface area contributed by atoms with Gasteiger partial charge in [-0.2, -0.15) is 5.10 Å². The molecule has 6 nitrogen and oxygen atoms in total. The van der Waals surface area contributed by atoms with Crippen molar-refractivity contribution in [3.63, 3.8) is 0 Å². The molecule has 1 saturated heterocycles. The van der Waals surface area contributed by atoms with Crippen LogP contribution < -0.4 is 5.32 Å². The lowest BCUT2D eigenvalue weighted by Crippen LogP contribution is -2.40. The number of rotatable bonds is 6. The summed E-state index contributed by atoms with van der Waals surface area (Å²) in [6.45, 7) is 2.67. The van der Waals surface area contributed by atoms with Crippen LogP contribution in [-0.2, 0) is 0 Å². The Balaban J connectivity index is 1.44. The maximum Gasteiger partial charge on any atom is 0.254 e. The molecule has 2 fully saturated rings. The predicted octanol–water partition coefficient (Wildman–Crippen LogP) is 2.84. The van der Waals surface area contributed by atoms with Gasteiger partial charge >= 0.3 is 0 Å². The van der Waals surface area contributed by atoms with E-state index < -0.39 is 0 Å². The van der Waals surface area contributed by atoms with E-state index in [1.807, 2.05) is 12.1 Å². The van der Waals surface area contributed by atoms with Gasteiger partial charge in [-0.1, -0.05) is 6.42 Å². The highest BCUT2D eigenvalue weighted by atomic mass is 16.3. The number of amides is 1. The van der Waals surface area contributed by atoms with Crippen LogP contribution in [0.1, 0.15) is 65.9 Å². The maximum absolute atomic E-state index is 12.6. The lowest BCUT2D eigenvalue weighted by atomic mass is 10.1. The van der Waals surface area contributed by atoms with Crippen molar-refractivity contribution in [2.24, 2.45) is 0 Å². The third kappa shape index (κ3) is 3.24. The van der Waals surface area contributed by atoms with Crippen molar-refractivity contribution in [1.82, 2.24) is 20.4 Å². The zero-order valence-electron chi connectivity index (χ0n) is 13.8. The van der Waals surface area contributed by atoms with E-state index in [2.05, 4.69) is 20.4 Å². The molecule has 24 heavy (non-hydrogen) atoms. The van der Waals surface area contributed by atoms with Crippen molar-refractivity contribution in [2.75, 3.05) is 19.6 Å². The fourth-order valence-electron chi connectivity index (χ4n) is 3.57. The Hall–Kier alpha value is -2.08. The van der Waals surface area contributed by atoms with Gasteiger partial charge in [-0.25, -0.2) is 0 Å². The molecule has 1 saturated carbocycles. The van der Waals surface area contributed by atoms with Crippen molar-refractivity contribution in [2.45, 2.75) is 44.1 Å². The maximum atomic E-state index is 12.6. The highest BCUT2D eigenvalue weighted by Gasteiger charge is 2.31. The highest BCUT2D eigenvalue weighted by molar-refractivity contribution is 5.95. The van der Waals surface area contributed by atoms with Crippen molar-refractivity contribution < 1.29 is 9.21 Å². The van der Waals surface area contributed by atoms with Gasteiger partial charge < -0.3 is 9.73 Å². The van der Waals surface area contributed by atoms with E-state index in [0.717, 1.165) is 37.4 Å². The van der Waals surface area contributed by atoms with Gasteiger partial charge in [0.05, 0.1) is 29.8 Å². The summed E-state index contributed by atoms with van der Waals surface area (Å²) in [5.74, 6) is 1.36. The van der Waals surface area contributed by atoms with E-state index in [1.54, 1.807) is 12.5 Å². The summed E-state index contributed by atoms with van der Waals surface area (Å²) < 4.78 is 5.63. The van der Waals surface area contributed by atoms with Crippen molar-refractivity contribution >= 4 is 5.91 Å². The molecule has 2 N–H and O–H groups in total. The van der Waals surface area contributed by atoms with Crippen LogP contribution in [0, 0.1) is 0 Å². The number of piperidine rings is 1. The molecule has 1 aliphatic carbocycles. The Morgan fingerprint density at radius 1 is 1.38 bits per heavy atom. The van der Waals surface area contributed by atoms with Gasteiger partial charge in [0, 0.05) is 12.5 Å². The smallest absolute Gasteiger partial charge is 0.254 e. The Kier molecular flexibility index (Phi) is 4.38. The molecule has 0 radical (unpaired) electrons. The molecule has 1 atom stereocenters. The fraction of sp³-hybridized carbons (Fsp3) is 0.556. The number of furan rings is 1. The number of aromatic amines is 1. The molecule has 2 aromatic heterocycles. The van der Waals surface area contributed by atoms with Gasteiger partial charge in [0.1, 0.15) is 5.76 Å². The number of nitrogens with one attached hydrogen (secondary N) is 2. The monoisotopic (exact) mass is 328 g/mol. The molecule has 6 heteroatoms. The molecule has 0 spiro atoms. The summed E-state index contributed by atoms with van der Waals surface area (Å²) in [4.78, 5) is 15.0. The Morgan fingerprint density at radius 3 is 2.92 bits per heavy atom. The molecule has 2 aromatic rings. The van der Waals surface area contributed by atoms with E-state index in [0.29, 0.717) is 18.0 Å². The number of hydrogen-bond acceptors (Lipinski definition) is 4. The standard InChI is InChI=1S/C18H24N4O2/c23-18(14-11-20-21-17(14)13-6-7-13)19-12-15(16-5-4-10-24-16)22-8-2-1-3-9-22/h4-5,10-11,13,15H,1-3,6-9,12H2,(H,19,23)(H,20,21)/t15-/m0/s1. The van der Waals surface area contributed by atoms with E-state index in [4.69, 9.17) is 4.42 Å². The summed E-state index contributed by atoms with van der Waals surface area (Å²) >= 11 is 0. The van der Waals surface area contributed by atoms with Crippen molar-refractivity contribution in [1.29, 1.82) is 0 Å². The fourth-order valence-corrected chi connectivity index (χ4v) is 3.57. The first-order chi connectivity index (χ1) is 11.8. The zero-order chi connectivity index (χ0) is 16.4. The first kappa shape index (κ1) is 15.4. The number of likely N-dealkylation sites (tertiary alicyclic amines) is 1. The van der Waals surface area contributed by atoms with Crippen LogP contribution in [0.2, 0.25) is 0 Å². The van der Waals surface area contributed by atoms with E-state index in [-0.39, 0.29) is 11.9 Å². The molecule has 2 aliphatic rings. The van der Waals surface area contributed by atoms with Crippen LogP contribution in [0.5, 0.6) is 0 Å². The van der Waals surface area contributed by atoms with Crippen LogP contribution in [-0.4, -0.2) is 40.6 Å². The van der Waals surface area contributed by atoms with Gasteiger partial charge in [-0.05, 0) is 50.9 Å². The summed E-state index contributed by atoms with van der Waals surface area (Å²) in [6.07, 6.45) is 9.34. The minimum atomic E-state index is -0.0424. The predicted molar refractivity (Wildman–Crippen MR) is 89.8 cm³/mol. The van der Waals surface area contributed by atoms with Gasteiger partial charge in [0.2, 0.25) is 0 Å². The minimum absolute atomic E-state index is 0.0424. The highest BCUT2D eigenvalue weighted by Crippen LogP contribution is 2.40. The molecular weight excluding hydrogens is 304 g/mol. The largest absolute Gasteiger partial charge is 0.468 e. The second-order valence-electron chi connectivity index (χ2n) is 6.81. The Bertz CT molecular complexity index is 669. The Labute approximate surface area is 141 Å². The van der Waals surface area contributed by atoms with Crippen LogP contribution in [0.3, 0.4) is 0 Å². The van der Waals surface area contributed by atoms with Crippen LogP contribution in [0.15, 0.2) is 29.0 Å². The zero-order valence-corrected chi connectivity index (χ0v) is 13.8.